The van der Waals surface area contributed by atoms with Gasteiger partial charge in [-0.05, 0) is 72.1 Å². The fourth-order valence-corrected chi connectivity index (χ4v) is 9.37. The fraction of sp³-hybridized carbons (Fsp3) is 0.146. The van der Waals surface area contributed by atoms with Crippen molar-refractivity contribution in [3.05, 3.63) is 145 Å². The minimum atomic E-state index is -2.10. The zero-order valence-electron chi connectivity index (χ0n) is 26.9. The molecule has 4 nitrogen and oxygen atoms in total. The second-order valence-electron chi connectivity index (χ2n) is 13.2. The number of pyridine rings is 1. The molecule has 0 saturated carbocycles. The summed E-state index contributed by atoms with van der Waals surface area (Å²) < 4.78 is 2.36. The van der Waals surface area contributed by atoms with Crippen LogP contribution in [0, 0.1) is 0 Å². The number of nitrogens with zero attached hydrogens (tertiary/aromatic N) is 4. The second kappa shape index (κ2) is 11.0. The Hall–Kier alpha value is -5.13. The summed E-state index contributed by atoms with van der Waals surface area (Å²) in [6.45, 7) is 10.2. The van der Waals surface area contributed by atoms with Crippen LogP contribution in [0.1, 0.15) is 25.3 Å². The predicted octanol–water partition coefficient (Wildman–Crippen LogP) is 9.37. The first-order chi connectivity index (χ1) is 22.4. The van der Waals surface area contributed by atoms with Crippen LogP contribution < -0.4 is 20.2 Å². The quantitative estimate of drug-likeness (QED) is 0.175. The summed E-state index contributed by atoms with van der Waals surface area (Å²) in [4.78, 5) is 9.73. The molecular formula is C41H38N4Si. The molecule has 1 aliphatic heterocycles. The number of aromatic nitrogens is 2. The van der Waals surface area contributed by atoms with Crippen LogP contribution in [0.5, 0.6) is 0 Å². The maximum absolute atomic E-state index is 4.88. The van der Waals surface area contributed by atoms with Crippen molar-refractivity contribution >= 4 is 63.0 Å². The first-order valence-corrected chi connectivity index (χ1v) is 19.2. The van der Waals surface area contributed by atoms with Crippen LogP contribution in [0.4, 0.5) is 22.7 Å². The highest BCUT2D eigenvalue weighted by molar-refractivity contribution is 7.00. The monoisotopic (exact) mass is 614 g/mol. The summed E-state index contributed by atoms with van der Waals surface area (Å²) in [6, 6.07) is 49.0. The van der Waals surface area contributed by atoms with Crippen LogP contribution in [-0.4, -0.2) is 24.3 Å². The molecule has 226 valence electrons. The SMILES string of the molecule is CC(C)c1ccnc(-n2c3ccccc3c3ccc([Si](C)(C)c4cccc(N5CN(c6ccccc6)c6ccccc65)c4)cc32)c1. The van der Waals surface area contributed by atoms with E-state index < -0.39 is 8.07 Å². The lowest BCUT2D eigenvalue weighted by Gasteiger charge is -2.27. The van der Waals surface area contributed by atoms with E-state index in [1.807, 2.05) is 6.20 Å². The molecule has 5 heteroatoms. The molecule has 0 fully saturated rings. The van der Waals surface area contributed by atoms with Gasteiger partial charge in [0.05, 0.1) is 22.4 Å². The smallest absolute Gasteiger partial charge is 0.137 e. The molecule has 7 aromatic rings. The van der Waals surface area contributed by atoms with Crippen molar-refractivity contribution in [2.75, 3.05) is 16.5 Å². The Kier molecular flexibility index (Phi) is 6.80. The Morgan fingerprint density at radius 2 is 1.24 bits per heavy atom. The summed E-state index contributed by atoms with van der Waals surface area (Å²) in [5, 5.41) is 5.36. The normalized spacial score (nSPS) is 13.2. The van der Waals surface area contributed by atoms with Gasteiger partial charge in [0.25, 0.3) is 0 Å². The van der Waals surface area contributed by atoms with E-state index in [2.05, 4.69) is 175 Å². The molecule has 0 bridgehead atoms. The van der Waals surface area contributed by atoms with Crippen molar-refractivity contribution in [1.82, 2.24) is 9.55 Å². The highest BCUT2D eigenvalue weighted by Crippen LogP contribution is 2.43. The first kappa shape index (κ1) is 28.3. The highest BCUT2D eigenvalue weighted by Gasteiger charge is 2.31. The van der Waals surface area contributed by atoms with Crippen LogP contribution in [0.2, 0.25) is 13.1 Å². The van der Waals surface area contributed by atoms with E-state index in [4.69, 9.17) is 4.98 Å². The molecular weight excluding hydrogens is 577 g/mol. The molecule has 0 unspecified atom stereocenters. The standard InChI is InChI=1S/C41H38N4Si/c1-29(2)30-23-24-42-41(25-30)45-37-18-9-8-17-35(37)36-22-21-34(27-40(36)45)46(3,4)33-16-12-15-32(26-33)44-28-43(31-13-6-5-7-14-31)38-19-10-11-20-39(38)44/h5-27,29H,28H2,1-4H3. The lowest BCUT2D eigenvalue weighted by Crippen LogP contribution is -2.53. The van der Waals surface area contributed by atoms with Gasteiger partial charge in [-0.2, -0.15) is 0 Å². The van der Waals surface area contributed by atoms with Crippen molar-refractivity contribution in [3.8, 4) is 5.82 Å². The van der Waals surface area contributed by atoms with Crippen molar-refractivity contribution in [3.63, 3.8) is 0 Å². The highest BCUT2D eigenvalue weighted by atomic mass is 28.3. The zero-order valence-corrected chi connectivity index (χ0v) is 27.9. The first-order valence-electron chi connectivity index (χ1n) is 16.2. The Morgan fingerprint density at radius 3 is 2.02 bits per heavy atom. The summed E-state index contributed by atoms with van der Waals surface area (Å²) in [5.74, 6) is 1.41. The molecule has 2 aromatic heterocycles. The van der Waals surface area contributed by atoms with Crippen molar-refractivity contribution < 1.29 is 0 Å². The number of hydrogen-bond donors (Lipinski definition) is 0. The molecule has 0 atom stereocenters. The average Bonchev–Trinajstić information content (AvgIpc) is 3.65. The summed E-state index contributed by atoms with van der Waals surface area (Å²) in [6.07, 6.45) is 1.95. The maximum atomic E-state index is 4.88. The van der Waals surface area contributed by atoms with Gasteiger partial charge in [-0.25, -0.2) is 4.98 Å². The van der Waals surface area contributed by atoms with E-state index in [9.17, 15) is 0 Å². The third-order valence-electron chi connectivity index (χ3n) is 9.75. The number of hydrogen-bond acceptors (Lipinski definition) is 3. The van der Waals surface area contributed by atoms with E-state index >= 15 is 0 Å². The van der Waals surface area contributed by atoms with E-state index in [1.54, 1.807) is 0 Å². The largest absolute Gasteiger partial charge is 0.321 e. The Morgan fingerprint density at radius 1 is 0.587 bits per heavy atom. The van der Waals surface area contributed by atoms with Gasteiger partial charge < -0.3 is 9.80 Å². The van der Waals surface area contributed by atoms with Crippen LogP contribution in [0.25, 0.3) is 27.6 Å². The van der Waals surface area contributed by atoms with Crippen molar-refractivity contribution in [1.29, 1.82) is 0 Å². The van der Waals surface area contributed by atoms with Gasteiger partial charge in [0, 0.05) is 28.3 Å². The lowest BCUT2D eigenvalue weighted by molar-refractivity contribution is 0.858. The molecule has 0 spiro atoms. The van der Waals surface area contributed by atoms with Crippen molar-refractivity contribution in [2.24, 2.45) is 0 Å². The molecule has 0 amide bonds. The minimum absolute atomic E-state index is 0.436. The number of anilines is 4. The van der Waals surface area contributed by atoms with E-state index in [0.717, 1.165) is 12.5 Å². The fourth-order valence-electron chi connectivity index (χ4n) is 7.01. The molecule has 3 heterocycles. The summed E-state index contributed by atoms with van der Waals surface area (Å²) >= 11 is 0. The number of para-hydroxylation sites is 4. The molecule has 0 aliphatic carbocycles. The van der Waals surface area contributed by atoms with E-state index in [-0.39, 0.29) is 0 Å². The number of rotatable bonds is 6. The van der Waals surface area contributed by atoms with Gasteiger partial charge in [-0.15, -0.1) is 0 Å². The maximum Gasteiger partial charge on any atom is 0.137 e. The van der Waals surface area contributed by atoms with E-state index in [0.29, 0.717) is 5.92 Å². The Bertz CT molecular complexity index is 2220. The molecule has 0 radical (unpaired) electrons. The van der Waals surface area contributed by atoms with Gasteiger partial charge in [0.15, 0.2) is 0 Å². The van der Waals surface area contributed by atoms with Gasteiger partial charge in [0.1, 0.15) is 20.6 Å². The van der Waals surface area contributed by atoms with Crippen molar-refractivity contribution in [2.45, 2.75) is 32.9 Å². The summed E-state index contributed by atoms with van der Waals surface area (Å²) in [7, 11) is -2.10. The van der Waals surface area contributed by atoms with Gasteiger partial charge >= 0.3 is 0 Å². The number of fused-ring (bicyclic) bond motifs is 4. The molecule has 0 N–H and O–H groups in total. The Balaban J connectivity index is 1.22. The summed E-state index contributed by atoms with van der Waals surface area (Å²) in [5.41, 5.74) is 8.63. The lowest BCUT2D eigenvalue weighted by atomic mass is 10.1. The molecule has 1 aliphatic rings. The third kappa shape index (κ3) is 4.62. The third-order valence-corrected chi connectivity index (χ3v) is 13.3. The van der Waals surface area contributed by atoms with Crippen LogP contribution in [0.3, 0.4) is 0 Å². The topological polar surface area (TPSA) is 24.3 Å². The average molecular weight is 615 g/mol. The van der Waals surface area contributed by atoms with Crippen LogP contribution in [-0.2, 0) is 0 Å². The Labute approximate surface area is 272 Å². The molecule has 46 heavy (non-hydrogen) atoms. The zero-order chi connectivity index (χ0) is 31.4. The minimum Gasteiger partial charge on any atom is -0.321 e. The second-order valence-corrected chi connectivity index (χ2v) is 17.6. The van der Waals surface area contributed by atoms with Gasteiger partial charge in [-0.3, -0.25) is 4.57 Å². The molecule has 5 aromatic carbocycles. The molecule has 0 saturated heterocycles. The predicted molar refractivity (Wildman–Crippen MR) is 198 cm³/mol. The van der Waals surface area contributed by atoms with E-state index in [1.165, 1.54) is 60.5 Å². The molecule has 8 rings (SSSR count). The van der Waals surface area contributed by atoms with Crippen LogP contribution >= 0.6 is 0 Å². The van der Waals surface area contributed by atoms with Gasteiger partial charge in [-0.1, -0.05) is 110 Å². The van der Waals surface area contributed by atoms with Gasteiger partial charge in [0.2, 0.25) is 0 Å². The van der Waals surface area contributed by atoms with Crippen LogP contribution in [0.15, 0.2) is 140 Å². The number of benzene rings is 5.